The van der Waals surface area contributed by atoms with E-state index in [-0.39, 0.29) is 0 Å². The molecule has 0 radical (unpaired) electrons. The van der Waals surface area contributed by atoms with Crippen LogP contribution in [0.3, 0.4) is 0 Å². The fourth-order valence-corrected chi connectivity index (χ4v) is 2.92. The SMILES string of the molecule is CC(C)C1CCN(Cc2cccc(C(C)(C)O)n2)CC1. The van der Waals surface area contributed by atoms with Gasteiger partial charge in [0, 0.05) is 6.54 Å². The third kappa shape index (κ3) is 4.03. The largest absolute Gasteiger partial charge is 0.384 e. The van der Waals surface area contributed by atoms with Crippen LogP contribution in [0.2, 0.25) is 0 Å². The molecule has 20 heavy (non-hydrogen) atoms. The van der Waals surface area contributed by atoms with Crippen LogP contribution in [0.5, 0.6) is 0 Å². The average Bonchev–Trinajstić information content (AvgIpc) is 2.38. The maximum absolute atomic E-state index is 10.0. The third-order valence-corrected chi connectivity index (χ3v) is 4.39. The number of aliphatic hydroxyl groups is 1. The van der Waals surface area contributed by atoms with Gasteiger partial charge in [0.1, 0.15) is 5.60 Å². The van der Waals surface area contributed by atoms with Gasteiger partial charge in [-0.2, -0.15) is 0 Å². The molecular formula is C17H28N2O. The summed E-state index contributed by atoms with van der Waals surface area (Å²) in [6.45, 7) is 11.5. The monoisotopic (exact) mass is 276 g/mol. The molecule has 0 aromatic carbocycles. The second kappa shape index (κ2) is 6.23. The number of hydrogen-bond acceptors (Lipinski definition) is 3. The number of piperidine rings is 1. The first-order valence-electron chi connectivity index (χ1n) is 7.77. The Morgan fingerprint density at radius 1 is 1.30 bits per heavy atom. The van der Waals surface area contributed by atoms with Gasteiger partial charge in [-0.25, -0.2) is 0 Å². The zero-order valence-electron chi connectivity index (χ0n) is 13.3. The number of aromatic nitrogens is 1. The highest BCUT2D eigenvalue weighted by Crippen LogP contribution is 2.25. The molecule has 0 saturated carbocycles. The molecule has 1 fully saturated rings. The van der Waals surface area contributed by atoms with Crippen molar-refractivity contribution in [3.05, 3.63) is 29.6 Å². The van der Waals surface area contributed by atoms with E-state index in [1.54, 1.807) is 13.8 Å². The normalized spacial score (nSPS) is 18.7. The first-order chi connectivity index (χ1) is 9.36. The van der Waals surface area contributed by atoms with E-state index in [1.165, 1.54) is 12.8 Å². The van der Waals surface area contributed by atoms with Crippen LogP contribution in [0.4, 0.5) is 0 Å². The summed E-state index contributed by atoms with van der Waals surface area (Å²) in [5.74, 6) is 1.68. The minimum atomic E-state index is -0.860. The van der Waals surface area contributed by atoms with Gasteiger partial charge in [0.25, 0.3) is 0 Å². The zero-order chi connectivity index (χ0) is 14.8. The van der Waals surface area contributed by atoms with Crippen molar-refractivity contribution < 1.29 is 5.11 Å². The number of hydrogen-bond donors (Lipinski definition) is 1. The molecule has 112 valence electrons. The topological polar surface area (TPSA) is 36.4 Å². The minimum Gasteiger partial charge on any atom is -0.384 e. The molecule has 1 aromatic heterocycles. The number of likely N-dealkylation sites (tertiary alicyclic amines) is 1. The van der Waals surface area contributed by atoms with Gasteiger partial charge >= 0.3 is 0 Å². The van der Waals surface area contributed by atoms with Crippen LogP contribution in [-0.2, 0) is 12.1 Å². The predicted octanol–water partition coefficient (Wildman–Crippen LogP) is 3.18. The molecule has 0 spiro atoms. The molecule has 1 N–H and O–H groups in total. The van der Waals surface area contributed by atoms with Crippen LogP contribution in [0.1, 0.15) is 51.9 Å². The van der Waals surface area contributed by atoms with E-state index in [2.05, 4.69) is 29.8 Å². The summed E-state index contributed by atoms with van der Waals surface area (Å²) >= 11 is 0. The van der Waals surface area contributed by atoms with Crippen LogP contribution >= 0.6 is 0 Å². The van der Waals surface area contributed by atoms with Gasteiger partial charge in [0.2, 0.25) is 0 Å². The Balaban J connectivity index is 1.95. The Morgan fingerprint density at radius 2 is 1.95 bits per heavy atom. The molecule has 3 heteroatoms. The quantitative estimate of drug-likeness (QED) is 0.917. The van der Waals surface area contributed by atoms with Crippen LogP contribution < -0.4 is 0 Å². The second-order valence-electron chi connectivity index (χ2n) is 6.93. The Bertz CT molecular complexity index is 429. The first-order valence-corrected chi connectivity index (χ1v) is 7.77. The van der Waals surface area contributed by atoms with Crippen molar-refractivity contribution in [1.82, 2.24) is 9.88 Å². The summed E-state index contributed by atoms with van der Waals surface area (Å²) in [6.07, 6.45) is 2.59. The number of nitrogens with zero attached hydrogens (tertiary/aromatic N) is 2. The summed E-state index contributed by atoms with van der Waals surface area (Å²) < 4.78 is 0. The van der Waals surface area contributed by atoms with Crippen LogP contribution in [-0.4, -0.2) is 28.1 Å². The van der Waals surface area contributed by atoms with Crippen LogP contribution in [0, 0.1) is 11.8 Å². The van der Waals surface area contributed by atoms with Gasteiger partial charge in [0.15, 0.2) is 0 Å². The highest BCUT2D eigenvalue weighted by molar-refractivity contribution is 5.15. The molecule has 0 unspecified atom stereocenters. The average molecular weight is 276 g/mol. The smallest absolute Gasteiger partial charge is 0.101 e. The minimum absolute atomic E-state index is 0.757. The molecule has 1 aliphatic heterocycles. The summed E-state index contributed by atoms with van der Waals surface area (Å²) in [5.41, 5.74) is 0.959. The molecule has 1 aromatic rings. The Morgan fingerprint density at radius 3 is 2.50 bits per heavy atom. The molecule has 0 atom stereocenters. The van der Waals surface area contributed by atoms with Crippen molar-refractivity contribution in [3.63, 3.8) is 0 Å². The fraction of sp³-hybridized carbons (Fsp3) is 0.706. The van der Waals surface area contributed by atoms with Gasteiger partial charge in [-0.05, 0) is 63.7 Å². The molecule has 0 aliphatic carbocycles. The molecule has 1 aliphatic rings. The van der Waals surface area contributed by atoms with Gasteiger partial charge in [-0.15, -0.1) is 0 Å². The lowest BCUT2D eigenvalue weighted by Gasteiger charge is -2.33. The fourth-order valence-electron chi connectivity index (χ4n) is 2.92. The summed E-state index contributed by atoms with van der Waals surface area (Å²) in [6, 6.07) is 5.95. The van der Waals surface area contributed by atoms with Crippen molar-refractivity contribution in [2.24, 2.45) is 11.8 Å². The van der Waals surface area contributed by atoms with E-state index in [0.717, 1.165) is 42.9 Å². The molecule has 3 nitrogen and oxygen atoms in total. The lowest BCUT2D eigenvalue weighted by atomic mass is 9.87. The second-order valence-corrected chi connectivity index (χ2v) is 6.93. The maximum Gasteiger partial charge on any atom is 0.101 e. The van der Waals surface area contributed by atoms with Gasteiger partial charge < -0.3 is 5.11 Å². The van der Waals surface area contributed by atoms with E-state index in [9.17, 15) is 5.11 Å². The third-order valence-electron chi connectivity index (χ3n) is 4.39. The van der Waals surface area contributed by atoms with E-state index < -0.39 is 5.60 Å². The zero-order valence-corrected chi connectivity index (χ0v) is 13.3. The molecule has 2 rings (SSSR count). The summed E-state index contributed by atoms with van der Waals surface area (Å²) in [7, 11) is 0. The molecule has 0 amide bonds. The Hall–Kier alpha value is -0.930. The van der Waals surface area contributed by atoms with E-state index in [0.29, 0.717) is 0 Å². The summed E-state index contributed by atoms with van der Waals surface area (Å²) in [5, 5.41) is 10.0. The number of rotatable bonds is 4. The van der Waals surface area contributed by atoms with E-state index in [1.807, 2.05) is 12.1 Å². The number of pyridine rings is 1. The van der Waals surface area contributed by atoms with Crippen molar-refractivity contribution in [2.75, 3.05) is 13.1 Å². The molecular weight excluding hydrogens is 248 g/mol. The molecule has 1 saturated heterocycles. The van der Waals surface area contributed by atoms with Crippen molar-refractivity contribution in [2.45, 2.75) is 52.7 Å². The van der Waals surface area contributed by atoms with Crippen molar-refractivity contribution >= 4 is 0 Å². The van der Waals surface area contributed by atoms with Crippen LogP contribution in [0.25, 0.3) is 0 Å². The van der Waals surface area contributed by atoms with Crippen molar-refractivity contribution in [3.8, 4) is 0 Å². The lowest BCUT2D eigenvalue weighted by Crippen LogP contribution is -2.35. The molecule has 2 heterocycles. The Kier molecular flexibility index (Phi) is 4.82. The van der Waals surface area contributed by atoms with Gasteiger partial charge in [0.05, 0.1) is 11.4 Å². The van der Waals surface area contributed by atoms with Gasteiger partial charge in [-0.3, -0.25) is 9.88 Å². The lowest BCUT2D eigenvalue weighted by molar-refractivity contribution is 0.0732. The van der Waals surface area contributed by atoms with Gasteiger partial charge in [-0.1, -0.05) is 19.9 Å². The van der Waals surface area contributed by atoms with Crippen LogP contribution in [0.15, 0.2) is 18.2 Å². The van der Waals surface area contributed by atoms with E-state index in [4.69, 9.17) is 0 Å². The van der Waals surface area contributed by atoms with E-state index >= 15 is 0 Å². The maximum atomic E-state index is 10.0. The Labute approximate surface area is 123 Å². The molecule has 0 bridgehead atoms. The highest BCUT2D eigenvalue weighted by Gasteiger charge is 2.22. The highest BCUT2D eigenvalue weighted by atomic mass is 16.3. The van der Waals surface area contributed by atoms with Crippen molar-refractivity contribution in [1.29, 1.82) is 0 Å². The first kappa shape index (κ1) is 15.5. The predicted molar refractivity (Wildman–Crippen MR) is 82.3 cm³/mol. The standard InChI is InChI=1S/C17H28N2O/c1-13(2)14-8-10-19(11-9-14)12-15-6-5-7-16(18-15)17(3,4)20/h5-7,13-14,20H,8-12H2,1-4H3. The summed E-state index contributed by atoms with van der Waals surface area (Å²) in [4.78, 5) is 7.08.